The highest BCUT2D eigenvalue weighted by Gasteiger charge is 2.10. The van der Waals surface area contributed by atoms with E-state index in [4.69, 9.17) is 0 Å². The van der Waals surface area contributed by atoms with Gasteiger partial charge in [0.15, 0.2) is 0 Å². The molecule has 1 aromatic rings. The molecule has 0 saturated carbocycles. The lowest BCUT2D eigenvalue weighted by molar-refractivity contribution is -0.121. The Bertz CT molecular complexity index is 446. The van der Waals surface area contributed by atoms with Gasteiger partial charge in [-0.25, -0.2) is 4.39 Å². The molecule has 0 spiro atoms. The van der Waals surface area contributed by atoms with E-state index in [1.807, 2.05) is 6.92 Å². The second-order valence-electron chi connectivity index (χ2n) is 4.84. The summed E-state index contributed by atoms with van der Waals surface area (Å²) >= 11 is 0. The van der Waals surface area contributed by atoms with Gasteiger partial charge in [-0.05, 0) is 30.0 Å². The molecule has 4 nitrogen and oxygen atoms in total. The summed E-state index contributed by atoms with van der Waals surface area (Å²) in [7, 11) is 0. The summed E-state index contributed by atoms with van der Waals surface area (Å²) in [6.45, 7) is 4.49. The molecule has 0 aliphatic carbocycles. The van der Waals surface area contributed by atoms with Crippen molar-refractivity contribution >= 4 is 11.8 Å². The van der Waals surface area contributed by atoms with Crippen molar-refractivity contribution in [3.63, 3.8) is 0 Å². The van der Waals surface area contributed by atoms with Crippen LogP contribution in [0.4, 0.5) is 4.39 Å². The van der Waals surface area contributed by atoms with Crippen molar-refractivity contribution in [2.75, 3.05) is 13.1 Å². The van der Waals surface area contributed by atoms with Crippen LogP contribution < -0.4 is 10.6 Å². The molecule has 1 atom stereocenters. The highest BCUT2D eigenvalue weighted by atomic mass is 19.1. The summed E-state index contributed by atoms with van der Waals surface area (Å²) in [5.74, 6) is -0.333. The van der Waals surface area contributed by atoms with Gasteiger partial charge >= 0.3 is 0 Å². The number of carbonyl (C=O) groups excluding carboxylic acids is 2. The maximum Gasteiger partial charge on any atom is 0.220 e. The largest absolute Gasteiger partial charge is 0.356 e. The highest BCUT2D eigenvalue weighted by molar-refractivity contribution is 5.76. The van der Waals surface area contributed by atoms with Crippen LogP contribution in [-0.4, -0.2) is 24.9 Å². The summed E-state index contributed by atoms with van der Waals surface area (Å²) in [5.41, 5.74) is 0.944. The molecule has 0 aliphatic heterocycles. The molecule has 1 unspecified atom stereocenters. The van der Waals surface area contributed by atoms with Gasteiger partial charge in [0, 0.05) is 26.4 Å². The first-order valence-corrected chi connectivity index (χ1v) is 6.75. The smallest absolute Gasteiger partial charge is 0.220 e. The summed E-state index contributed by atoms with van der Waals surface area (Å²) in [5, 5.41) is 5.47. The molecular weight excluding hydrogens is 259 g/mol. The van der Waals surface area contributed by atoms with Crippen LogP contribution >= 0.6 is 0 Å². The summed E-state index contributed by atoms with van der Waals surface area (Å²) < 4.78 is 12.8. The third-order valence-corrected chi connectivity index (χ3v) is 2.98. The molecule has 5 heteroatoms. The molecule has 0 fully saturated rings. The molecule has 0 bridgehead atoms. The van der Waals surface area contributed by atoms with E-state index >= 15 is 0 Å². The van der Waals surface area contributed by atoms with Gasteiger partial charge in [0.25, 0.3) is 0 Å². The van der Waals surface area contributed by atoms with Crippen LogP contribution in [0, 0.1) is 5.82 Å². The molecule has 0 aliphatic rings. The third kappa shape index (κ3) is 6.31. The Hall–Kier alpha value is -1.91. The van der Waals surface area contributed by atoms with E-state index in [1.165, 1.54) is 19.1 Å². The molecule has 2 amide bonds. The second kappa shape index (κ2) is 8.30. The van der Waals surface area contributed by atoms with Crippen LogP contribution in [0.25, 0.3) is 0 Å². The normalized spacial score (nSPS) is 11.8. The van der Waals surface area contributed by atoms with Crippen LogP contribution in [0.15, 0.2) is 24.3 Å². The van der Waals surface area contributed by atoms with Crippen molar-refractivity contribution in [3.8, 4) is 0 Å². The number of benzene rings is 1. The van der Waals surface area contributed by atoms with Crippen molar-refractivity contribution < 1.29 is 14.0 Å². The minimum atomic E-state index is -0.275. The first kappa shape index (κ1) is 16.1. The van der Waals surface area contributed by atoms with Gasteiger partial charge in [-0.3, -0.25) is 9.59 Å². The van der Waals surface area contributed by atoms with Gasteiger partial charge in [-0.15, -0.1) is 0 Å². The number of amides is 2. The zero-order valence-electron chi connectivity index (χ0n) is 11.9. The van der Waals surface area contributed by atoms with Gasteiger partial charge in [0.1, 0.15) is 5.82 Å². The lowest BCUT2D eigenvalue weighted by atomic mass is 9.97. The summed E-state index contributed by atoms with van der Waals surface area (Å²) in [4.78, 5) is 22.4. The van der Waals surface area contributed by atoms with E-state index in [9.17, 15) is 14.0 Å². The molecule has 0 aromatic heterocycles. The lowest BCUT2D eigenvalue weighted by Crippen LogP contribution is -2.29. The van der Waals surface area contributed by atoms with Crippen LogP contribution in [0.1, 0.15) is 38.2 Å². The number of rotatable bonds is 7. The fourth-order valence-electron chi connectivity index (χ4n) is 1.84. The lowest BCUT2D eigenvalue weighted by Gasteiger charge is -2.12. The molecule has 2 N–H and O–H groups in total. The van der Waals surface area contributed by atoms with E-state index in [0.29, 0.717) is 25.9 Å². The average Bonchev–Trinajstić information content (AvgIpc) is 2.38. The predicted molar refractivity (Wildman–Crippen MR) is 75.7 cm³/mol. The van der Waals surface area contributed by atoms with Gasteiger partial charge in [-0.2, -0.15) is 0 Å². The van der Waals surface area contributed by atoms with Gasteiger partial charge in [-0.1, -0.05) is 19.1 Å². The first-order chi connectivity index (χ1) is 9.49. The highest BCUT2D eigenvalue weighted by Crippen LogP contribution is 2.18. The minimum Gasteiger partial charge on any atom is -0.356 e. The van der Waals surface area contributed by atoms with Crippen LogP contribution in [0.3, 0.4) is 0 Å². The van der Waals surface area contributed by atoms with E-state index in [2.05, 4.69) is 10.6 Å². The molecule has 1 aromatic carbocycles. The van der Waals surface area contributed by atoms with Crippen molar-refractivity contribution in [2.24, 2.45) is 0 Å². The second-order valence-corrected chi connectivity index (χ2v) is 4.84. The van der Waals surface area contributed by atoms with E-state index in [-0.39, 0.29) is 23.5 Å². The van der Waals surface area contributed by atoms with E-state index < -0.39 is 0 Å². The van der Waals surface area contributed by atoms with E-state index in [0.717, 1.165) is 5.56 Å². The Labute approximate surface area is 118 Å². The summed E-state index contributed by atoms with van der Waals surface area (Å²) in [6, 6.07) is 6.20. The maximum atomic E-state index is 12.8. The zero-order valence-corrected chi connectivity index (χ0v) is 11.9. The van der Waals surface area contributed by atoms with Crippen molar-refractivity contribution in [1.82, 2.24) is 10.6 Å². The van der Waals surface area contributed by atoms with E-state index in [1.54, 1.807) is 12.1 Å². The molecular formula is C15H21FN2O2. The molecule has 1 rings (SSSR count). The molecule has 0 radical (unpaired) electrons. The Balaban J connectivity index is 2.24. The predicted octanol–water partition coefficient (Wildman–Crippen LogP) is 1.96. The Morgan fingerprint density at radius 3 is 2.35 bits per heavy atom. The molecule has 0 heterocycles. The van der Waals surface area contributed by atoms with Crippen molar-refractivity contribution in [3.05, 3.63) is 35.6 Å². The Morgan fingerprint density at radius 2 is 1.75 bits per heavy atom. The number of nitrogens with one attached hydrogen (secondary N) is 2. The molecule has 110 valence electrons. The topological polar surface area (TPSA) is 58.2 Å². The monoisotopic (exact) mass is 280 g/mol. The van der Waals surface area contributed by atoms with Gasteiger partial charge in [0.05, 0.1) is 0 Å². The first-order valence-electron chi connectivity index (χ1n) is 6.75. The number of carbonyl (C=O) groups is 2. The fourth-order valence-corrected chi connectivity index (χ4v) is 1.84. The van der Waals surface area contributed by atoms with Crippen LogP contribution in [-0.2, 0) is 9.59 Å². The fraction of sp³-hybridized carbons (Fsp3) is 0.467. The minimum absolute atomic E-state index is 0.0374. The standard InChI is InChI=1S/C15H21FN2O2/c1-11(13-4-6-14(16)7-5-13)10-15(20)18-9-3-8-17-12(2)19/h4-7,11H,3,8-10H2,1-2H3,(H,17,19)(H,18,20). The Morgan fingerprint density at radius 1 is 1.15 bits per heavy atom. The Kier molecular flexibility index (Phi) is 6.70. The van der Waals surface area contributed by atoms with Crippen LogP contribution in [0.5, 0.6) is 0 Å². The van der Waals surface area contributed by atoms with Gasteiger partial charge < -0.3 is 10.6 Å². The third-order valence-electron chi connectivity index (χ3n) is 2.98. The number of hydrogen-bond acceptors (Lipinski definition) is 2. The quantitative estimate of drug-likeness (QED) is 0.750. The van der Waals surface area contributed by atoms with Gasteiger partial charge in [0.2, 0.25) is 11.8 Å². The van der Waals surface area contributed by atoms with Crippen LogP contribution in [0.2, 0.25) is 0 Å². The SMILES string of the molecule is CC(=O)NCCCNC(=O)CC(C)c1ccc(F)cc1. The number of hydrogen-bond donors (Lipinski definition) is 2. The molecule has 0 saturated heterocycles. The average molecular weight is 280 g/mol. The summed E-state index contributed by atoms with van der Waals surface area (Å²) in [6.07, 6.45) is 1.07. The van der Waals surface area contributed by atoms with Crippen molar-refractivity contribution in [2.45, 2.75) is 32.6 Å². The zero-order chi connectivity index (χ0) is 15.0. The number of halogens is 1. The molecule has 20 heavy (non-hydrogen) atoms. The maximum absolute atomic E-state index is 12.8. The van der Waals surface area contributed by atoms with Crippen molar-refractivity contribution in [1.29, 1.82) is 0 Å².